The van der Waals surface area contributed by atoms with Crippen molar-refractivity contribution < 1.29 is 9.90 Å². The minimum absolute atomic E-state index is 0.0612. The van der Waals surface area contributed by atoms with E-state index in [2.05, 4.69) is 37.1 Å². The highest BCUT2D eigenvalue weighted by atomic mass is 16.3. The van der Waals surface area contributed by atoms with E-state index >= 15 is 0 Å². The van der Waals surface area contributed by atoms with Gasteiger partial charge in [-0.05, 0) is 30.4 Å². The van der Waals surface area contributed by atoms with E-state index in [-0.39, 0.29) is 17.2 Å². The number of rotatable bonds is 4. The molecule has 1 N–H and O–H groups in total. The van der Waals surface area contributed by atoms with Gasteiger partial charge in [-0.25, -0.2) is 4.98 Å². The van der Waals surface area contributed by atoms with Crippen molar-refractivity contribution >= 4 is 11.4 Å². The molecule has 1 heterocycles. The van der Waals surface area contributed by atoms with Crippen LogP contribution in [-0.2, 0) is 0 Å². The van der Waals surface area contributed by atoms with Crippen molar-refractivity contribution in [3.05, 3.63) is 53.4 Å². The lowest BCUT2D eigenvalue weighted by Gasteiger charge is -2.06. The summed E-state index contributed by atoms with van der Waals surface area (Å²) in [7, 11) is 0. The minimum atomic E-state index is -0.231. The molecule has 0 spiro atoms. The Hall–Kier alpha value is -2.16. The zero-order valence-electron chi connectivity index (χ0n) is 12.8. The third-order valence-electron chi connectivity index (χ3n) is 3.37. The molecule has 0 aromatic carbocycles. The average Bonchev–Trinajstić information content (AvgIpc) is 2.63. The molecule has 0 radical (unpaired) electrons. The summed E-state index contributed by atoms with van der Waals surface area (Å²) in [5, 5.41) is 9.89. The number of Topliss-reactive ketones (excluding diaryl/α,β-unsaturated/α-hetero) is 1. The zero-order chi connectivity index (χ0) is 15.4. The summed E-state index contributed by atoms with van der Waals surface area (Å²) in [6.45, 7) is 5.81. The second-order valence-corrected chi connectivity index (χ2v) is 5.75. The number of hydrogen-bond donors (Lipinski definition) is 1. The standard InChI is InChI=1S/C18H21NO2/c1-12(2)9-14-5-4-6-15(8-7-14)16-10-17(21)18(13(3)20)19-11-16/h5-8,10-12,21H,4,9H2,1-3H3. The fraction of sp³-hybridized carbons (Fsp3) is 0.333. The van der Waals surface area contributed by atoms with Crippen molar-refractivity contribution in [1.82, 2.24) is 4.98 Å². The minimum Gasteiger partial charge on any atom is -0.506 e. The van der Waals surface area contributed by atoms with Gasteiger partial charge < -0.3 is 5.11 Å². The normalized spacial score (nSPS) is 14.7. The molecule has 3 nitrogen and oxygen atoms in total. The van der Waals surface area contributed by atoms with E-state index in [0.717, 1.165) is 24.0 Å². The smallest absolute Gasteiger partial charge is 0.181 e. The number of ketones is 1. The molecule has 1 aromatic rings. The zero-order valence-corrected chi connectivity index (χ0v) is 12.8. The topological polar surface area (TPSA) is 50.2 Å². The Bertz CT molecular complexity index is 637. The van der Waals surface area contributed by atoms with E-state index in [0.29, 0.717) is 5.92 Å². The number of hydrogen-bond acceptors (Lipinski definition) is 3. The molecule has 110 valence electrons. The number of aromatic nitrogens is 1. The highest BCUT2D eigenvalue weighted by molar-refractivity contribution is 5.95. The molecule has 0 amide bonds. The lowest BCUT2D eigenvalue weighted by Crippen LogP contribution is -1.98. The lowest BCUT2D eigenvalue weighted by molar-refractivity contribution is 0.101. The average molecular weight is 283 g/mol. The Morgan fingerprint density at radius 2 is 2.10 bits per heavy atom. The first-order valence-corrected chi connectivity index (χ1v) is 7.25. The van der Waals surface area contributed by atoms with Gasteiger partial charge in [0.1, 0.15) is 11.4 Å². The van der Waals surface area contributed by atoms with Crippen LogP contribution in [0.1, 0.15) is 49.7 Å². The van der Waals surface area contributed by atoms with E-state index in [9.17, 15) is 9.90 Å². The molecule has 21 heavy (non-hydrogen) atoms. The van der Waals surface area contributed by atoms with Gasteiger partial charge in [-0.15, -0.1) is 0 Å². The van der Waals surface area contributed by atoms with E-state index in [1.807, 2.05) is 6.08 Å². The maximum Gasteiger partial charge on any atom is 0.181 e. The van der Waals surface area contributed by atoms with Crippen molar-refractivity contribution in [2.45, 2.75) is 33.6 Å². The first-order chi connectivity index (χ1) is 9.97. The van der Waals surface area contributed by atoms with Gasteiger partial charge in [0.2, 0.25) is 0 Å². The van der Waals surface area contributed by atoms with Gasteiger partial charge in [0.25, 0.3) is 0 Å². The first-order valence-electron chi connectivity index (χ1n) is 7.25. The predicted octanol–water partition coefficient (Wildman–Crippen LogP) is 4.31. The highest BCUT2D eigenvalue weighted by Crippen LogP contribution is 2.26. The summed E-state index contributed by atoms with van der Waals surface area (Å²) < 4.78 is 0. The SMILES string of the molecule is CC(=O)c1ncc(C2=CCC=C(CC(C)C)C=C2)cc1O. The number of carbonyl (C=O) groups excluding carboxylic acids is 1. The summed E-state index contributed by atoms with van der Waals surface area (Å²) in [4.78, 5) is 15.4. The van der Waals surface area contributed by atoms with Gasteiger partial charge in [-0.3, -0.25) is 4.79 Å². The van der Waals surface area contributed by atoms with Gasteiger partial charge in [-0.1, -0.05) is 43.7 Å². The van der Waals surface area contributed by atoms with Crippen LogP contribution in [0.4, 0.5) is 0 Å². The van der Waals surface area contributed by atoms with Crippen molar-refractivity contribution in [3.63, 3.8) is 0 Å². The van der Waals surface area contributed by atoms with Gasteiger partial charge in [0, 0.05) is 18.7 Å². The van der Waals surface area contributed by atoms with E-state index in [1.165, 1.54) is 12.5 Å². The van der Waals surface area contributed by atoms with Crippen LogP contribution in [0.2, 0.25) is 0 Å². The van der Waals surface area contributed by atoms with Crippen LogP contribution in [0.15, 0.2) is 42.1 Å². The summed E-state index contributed by atoms with van der Waals surface area (Å²) in [5.41, 5.74) is 3.29. The van der Waals surface area contributed by atoms with Crippen molar-refractivity contribution in [1.29, 1.82) is 0 Å². The maximum absolute atomic E-state index is 11.3. The molecule has 0 unspecified atom stereocenters. The fourth-order valence-corrected chi connectivity index (χ4v) is 2.39. The van der Waals surface area contributed by atoms with Crippen LogP contribution < -0.4 is 0 Å². The molecule has 0 atom stereocenters. The fourth-order valence-electron chi connectivity index (χ4n) is 2.39. The molecule has 2 rings (SSSR count). The molecule has 0 fully saturated rings. The summed E-state index contributed by atoms with van der Waals surface area (Å²) >= 11 is 0. The molecule has 3 heteroatoms. The number of pyridine rings is 1. The van der Waals surface area contributed by atoms with Crippen molar-refractivity contribution in [2.75, 3.05) is 0 Å². The summed E-state index contributed by atoms with van der Waals surface area (Å²) in [6.07, 6.45) is 12.1. The van der Waals surface area contributed by atoms with Gasteiger partial charge in [0.15, 0.2) is 5.78 Å². The molecule has 1 aromatic heterocycles. The van der Waals surface area contributed by atoms with Crippen LogP contribution in [0.25, 0.3) is 5.57 Å². The van der Waals surface area contributed by atoms with Crippen molar-refractivity contribution in [3.8, 4) is 5.75 Å². The molecule has 1 aliphatic rings. The molecule has 0 saturated carbocycles. The van der Waals surface area contributed by atoms with Gasteiger partial charge in [-0.2, -0.15) is 0 Å². The van der Waals surface area contributed by atoms with Crippen LogP contribution in [0, 0.1) is 5.92 Å². The monoisotopic (exact) mass is 283 g/mol. The van der Waals surface area contributed by atoms with Crippen LogP contribution >= 0.6 is 0 Å². The maximum atomic E-state index is 11.3. The molecule has 1 aliphatic carbocycles. The molecule has 0 aliphatic heterocycles. The third kappa shape index (κ3) is 3.91. The van der Waals surface area contributed by atoms with Crippen LogP contribution in [-0.4, -0.2) is 15.9 Å². The number of nitrogens with zero attached hydrogens (tertiary/aromatic N) is 1. The summed E-state index contributed by atoms with van der Waals surface area (Å²) in [5.74, 6) is 0.335. The van der Waals surface area contributed by atoms with E-state index in [4.69, 9.17) is 0 Å². The first kappa shape index (κ1) is 15.2. The van der Waals surface area contributed by atoms with Gasteiger partial charge >= 0.3 is 0 Å². The van der Waals surface area contributed by atoms with E-state index < -0.39 is 0 Å². The molecular weight excluding hydrogens is 262 g/mol. The second kappa shape index (κ2) is 6.53. The quantitative estimate of drug-likeness (QED) is 0.838. The number of aromatic hydroxyl groups is 1. The Morgan fingerprint density at radius 3 is 2.71 bits per heavy atom. The largest absolute Gasteiger partial charge is 0.506 e. The lowest BCUT2D eigenvalue weighted by atomic mass is 10.0. The third-order valence-corrected chi connectivity index (χ3v) is 3.37. The number of allylic oxidation sites excluding steroid dienone is 6. The Balaban J connectivity index is 2.22. The van der Waals surface area contributed by atoms with Crippen LogP contribution in [0.3, 0.4) is 0 Å². The Kier molecular flexibility index (Phi) is 4.73. The predicted molar refractivity (Wildman–Crippen MR) is 85.2 cm³/mol. The Morgan fingerprint density at radius 1 is 1.33 bits per heavy atom. The molecule has 0 bridgehead atoms. The van der Waals surface area contributed by atoms with Crippen LogP contribution in [0.5, 0.6) is 5.75 Å². The van der Waals surface area contributed by atoms with E-state index in [1.54, 1.807) is 12.3 Å². The van der Waals surface area contributed by atoms with Gasteiger partial charge in [0.05, 0.1) is 0 Å². The molecular formula is C18H21NO2. The highest BCUT2D eigenvalue weighted by Gasteiger charge is 2.11. The molecule has 0 saturated heterocycles. The van der Waals surface area contributed by atoms with Crippen molar-refractivity contribution in [2.24, 2.45) is 5.92 Å². The second-order valence-electron chi connectivity index (χ2n) is 5.75. The number of carbonyl (C=O) groups is 1. The summed E-state index contributed by atoms with van der Waals surface area (Å²) in [6, 6.07) is 1.60. The Labute approximate surface area is 125 Å².